The maximum atomic E-state index is 12.0. The van der Waals surface area contributed by atoms with E-state index < -0.39 is 12.1 Å². The van der Waals surface area contributed by atoms with Crippen LogP contribution in [0, 0.1) is 12.8 Å². The molecule has 0 heterocycles. The molecule has 1 aliphatic carbocycles. The van der Waals surface area contributed by atoms with Crippen molar-refractivity contribution in [2.75, 3.05) is 13.1 Å². The number of carbonyl (C=O) groups excluding carboxylic acids is 2. The monoisotopic (exact) mass is 275 g/mol. The number of hydrogen-bond acceptors (Lipinski definition) is 3. The number of esters is 1. The van der Waals surface area contributed by atoms with Crippen LogP contribution in [0.2, 0.25) is 0 Å². The molecule has 0 unspecified atom stereocenters. The van der Waals surface area contributed by atoms with Crippen LogP contribution in [0.15, 0.2) is 24.3 Å². The standard InChI is InChI=1S/C16H21NO3/c1-3-9-17(11-13-7-8-13)16(19)20-15(18)14-6-4-5-12(2)10-14/h4-6,10,13H,3,7-9,11H2,1-2H3. The number of benzene rings is 1. The van der Waals surface area contributed by atoms with Crippen LogP contribution >= 0.6 is 0 Å². The first kappa shape index (κ1) is 14.6. The molecule has 2 rings (SSSR count). The largest absolute Gasteiger partial charge is 0.417 e. The molecule has 0 aliphatic heterocycles. The second kappa shape index (κ2) is 6.55. The highest BCUT2D eigenvalue weighted by Crippen LogP contribution is 2.30. The van der Waals surface area contributed by atoms with Gasteiger partial charge in [0.25, 0.3) is 0 Å². The fourth-order valence-corrected chi connectivity index (χ4v) is 2.11. The first-order chi connectivity index (χ1) is 9.60. The van der Waals surface area contributed by atoms with Crippen molar-refractivity contribution in [2.24, 2.45) is 5.92 Å². The second-order valence-electron chi connectivity index (χ2n) is 5.41. The van der Waals surface area contributed by atoms with Crippen LogP contribution < -0.4 is 0 Å². The third kappa shape index (κ3) is 4.08. The molecule has 4 nitrogen and oxygen atoms in total. The molecule has 0 saturated heterocycles. The minimum absolute atomic E-state index is 0.418. The number of nitrogens with zero attached hydrogens (tertiary/aromatic N) is 1. The molecule has 4 heteroatoms. The van der Waals surface area contributed by atoms with Gasteiger partial charge in [-0.1, -0.05) is 24.6 Å². The highest BCUT2D eigenvalue weighted by Gasteiger charge is 2.28. The summed E-state index contributed by atoms with van der Waals surface area (Å²) in [6.45, 7) is 5.24. The van der Waals surface area contributed by atoms with E-state index in [1.165, 1.54) is 12.8 Å². The zero-order valence-electron chi connectivity index (χ0n) is 12.1. The number of amides is 1. The summed E-state index contributed by atoms with van der Waals surface area (Å²) in [6.07, 6.45) is 2.67. The Morgan fingerprint density at radius 2 is 2.10 bits per heavy atom. The smallest absolute Gasteiger partial charge is 0.372 e. The van der Waals surface area contributed by atoms with Crippen LogP contribution in [-0.4, -0.2) is 30.1 Å². The van der Waals surface area contributed by atoms with Crippen LogP contribution in [0.5, 0.6) is 0 Å². The average molecular weight is 275 g/mol. The maximum absolute atomic E-state index is 12.0. The van der Waals surface area contributed by atoms with Gasteiger partial charge in [-0.15, -0.1) is 0 Å². The summed E-state index contributed by atoms with van der Waals surface area (Å²) >= 11 is 0. The molecular formula is C16H21NO3. The third-order valence-corrected chi connectivity index (χ3v) is 3.36. The van der Waals surface area contributed by atoms with Crippen molar-refractivity contribution in [3.05, 3.63) is 35.4 Å². The predicted molar refractivity (Wildman–Crippen MR) is 76.6 cm³/mol. The Bertz CT molecular complexity index is 494. The van der Waals surface area contributed by atoms with Crippen molar-refractivity contribution in [1.82, 2.24) is 4.90 Å². The topological polar surface area (TPSA) is 46.6 Å². The Labute approximate surface area is 119 Å². The van der Waals surface area contributed by atoms with Gasteiger partial charge in [0.05, 0.1) is 5.56 Å². The minimum atomic E-state index is -0.574. The Morgan fingerprint density at radius 3 is 2.70 bits per heavy atom. The van der Waals surface area contributed by atoms with E-state index in [-0.39, 0.29) is 0 Å². The van der Waals surface area contributed by atoms with E-state index in [4.69, 9.17) is 4.74 Å². The summed E-state index contributed by atoms with van der Waals surface area (Å²) in [7, 11) is 0. The average Bonchev–Trinajstić information content (AvgIpc) is 3.22. The Balaban J connectivity index is 1.95. The van der Waals surface area contributed by atoms with Crippen molar-refractivity contribution in [3.63, 3.8) is 0 Å². The van der Waals surface area contributed by atoms with Gasteiger partial charge < -0.3 is 9.64 Å². The Hall–Kier alpha value is -1.84. The van der Waals surface area contributed by atoms with Crippen molar-refractivity contribution < 1.29 is 14.3 Å². The maximum Gasteiger partial charge on any atom is 0.417 e. The minimum Gasteiger partial charge on any atom is -0.372 e. The van der Waals surface area contributed by atoms with E-state index >= 15 is 0 Å². The number of ether oxygens (including phenoxy) is 1. The summed E-state index contributed by atoms with van der Waals surface area (Å²) in [5, 5.41) is 0. The van der Waals surface area contributed by atoms with Gasteiger partial charge in [0.2, 0.25) is 0 Å². The summed E-state index contributed by atoms with van der Waals surface area (Å²) in [6, 6.07) is 7.06. The zero-order valence-corrected chi connectivity index (χ0v) is 12.1. The van der Waals surface area contributed by atoms with Crippen LogP contribution in [0.25, 0.3) is 0 Å². The predicted octanol–water partition coefficient (Wildman–Crippen LogP) is 3.39. The lowest BCUT2D eigenvalue weighted by Gasteiger charge is -2.20. The molecule has 108 valence electrons. The Kier molecular flexibility index (Phi) is 4.77. The summed E-state index contributed by atoms with van der Waals surface area (Å²) in [5.74, 6) is 0.0128. The molecule has 0 atom stereocenters. The van der Waals surface area contributed by atoms with E-state index in [1.807, 2.05) is 19.9 Å². The van der Waals surface area contributed by atoms with Gasteiger partial charge in [0.15, 0.2) is 0 Å². The van der Waals surface area contributed by atoms with E-state index in [1.54, 1.807) is 23.1 Å². The van der Waals surface area contributed by atoms with Crippen molar-refractivity contribution >= 4 is 12.1 Å². The molecule has 0 spiro atoms. The molecule has 1 saturated carbocycles. The summed E-state index contributed by atoms with van der Waals surface area (Å²) < 4.78 is 4.98. The zero-order chi connectivity index (χ0) is 14.5. The first-order valence-electron chi connectivity index (χ1n) is 7.18. The fourth-order valence-electron chi connectivity index (χ4n) is 2.11. The molecule has 1 aromatic rings. The Morgan fingerprint density at radius 1 is 1.35 bits per heavy atom. The van der Waals surface area contributed by atoms with Crippen molar-refractivity contribution in [1.29, 1.82) is 0 Å². The number of aryl methyl sites for hydroxylation is 1. The molecule has 1 fully saturated rings. The molecule has 0 aromatic heterocycles. The normalized spacial score (nSPS) is 13.9. The van der Waals surface area contributed by atoms with Gasteiger partial charge in [0.1, 0.15) is 0 Å². The van der Waals surface area contributed by atoms with Gasteiger partial charge in [-0.2, -0.15) is 0 Å². The molecule has 1 aliphatic rings. The molecule has 1 amide bonds. The highest BCUT2D eigenvalue weighted by molar-refractivity contribution is 5.96. The molecular weight excluding hydrogens is 254 g/mol. The first-order valence-corrected chi connectivity index (χ1v) is 7.18. The van der Waals surface area contributed by atoms with Crippen LogP contribution in [0.3, 0.4) is 0 Å². The molecule has 0 bridgehead atoms. The van der Waals surface area contributed by atoms with Gasteiger partial charge in [-0.05, 0) is 44.2 Å². The third-order valence-electron chi connectivity index (χ3n) is 3.36. The lowest BCUT2D eigenvalue weighted by molar-refractivity contribution is 0.0538. The quantitative estimate of drug-likeness (QED) is 0.611. The molecule has 0 radical (unpaired) electrons. The highest BCUT2D eigenvalue weighted by atomic mass is 16.6. The van der Waals surface area contributed by atoms with Gasteiger partial charge >= 0.3 is 12.1 Å². The molecule has 0 N–H and O–H groups in total. The molecule has 1 aromatic carbocycles. The van der Waals surface area contributed by atoms with Gasteiger partial charge in [-0.25, -0.2) is 9.59 Å². The van der Waals surface area contributed by atoms with E-state index in [0.29, 0.717) is 24.6 Å². The van der Waals surface area contributed by atoms with Crippen molar-refractivity contribution in [2.45, 2.75) is 33.1 Å². The van der Waals surface area contributed by atoms with E-state index in [9.17, 15) is 9.59 Å². The lowest BCUT2D eigenvalue weighted by atomic mass is 10.1. The van der Waals surface area contributed by atoms with Gasteiger partial charge in [0, 0.05) is 13.1 Å². The van der Waals surface area contributed by atoms with Crippen molar-refractivity contribution in [3.8, 4) is 0 Å². The summed E-state index contributed by atoms with van der Waals surface area (Å²) in [5.41, 5.74) is 1.39. The van der Waals surface area contributed by atoms with Crippen LogP contribution in [0.1, 0.15) is 42.1 Å². The van der Waals surface area contributed by atoms with Gasteiger partial charge in [-0.3, -0.25) is 0 Å². The number of carbonyl (C=O) groups is 2. The SMILES string of the molecule is CCCN(CC1CC1)C(=O)OC(=O)c1cccc(C)c1. The lowest BCUT2D eigenvalue weighted by Crippen LogP contribution is -2.35. The second-order valence-corrected chi connectivity index (χ2v) is 5.41. The fraction of sp³-hybridized carbons (Fsp3) is 0.500. The van der Waals surface area contributed by atoms with Crippen LogP contribution in [0.4, 0.5) is 4.79 Å². The van der Waals surface area contributed by atoms with Crippen LogP contribution in [-0.2, 0) is 4.74 Å². The van der Waals surface area contributed by atoms with E-state index in [2.05, 4.69) is 0 Å². The number of hydrogen-bond donors (Lipinski definition) is 0. The summed E-state index contributed by atoms with van der Waals surface area (Å²) in [4.78, 5) is 25.6. The number of rotatable bonds is 5. The molecule has 20 heavy (non-hydrogen) atoms. The van der Waals surface area contributed by atoms with E-state index in [0.717, 1.165) is 12.0 Å².